The minimum atomic E-state index is -3.52. The molecule has 8 heteroatoms. The van der Waals surface area contributed by atoms with E-state index in [2.05, 4.69) is 25.6 Å². The molecule has 3 rings (SSSR count). The van der Waals surface area contributed by atoms with Crippen molar-refractivity contribution in [3.63, 3.8) is 0 Å². The fraction of sp³-hybridized carbons (Fsp3) is 0.333. The fourth-order valence-corrected chi connectivity index (χ4v) is 4.46. The minimum absolute atomic E-state index is 0.00358. The highest BCUT2D eigenvalue weighted by Gasteiger charge is 2.26. The number of benzene rings is 1. The predicted molar refractivity (Wildman–Crippen MR) is 100 cm³/mol. The summed E-state index contributed by atoms with van der Waals surface area (Å²) in [6.07, 6.45) is 4.38. The number of hydrogen-bond donors (Lipinski definition) is 1. The Morgan fingerprint density at radius 2 is 1.81 bits per heavy atom. The van der Waals surface area contributed by atoms with Gasteiger partial charge >= 0.3 is 0 Å². The number of pyridine rings is 1. The first-order chi connectivity index (χ1) is 12.5. The van der Waals surface area contributed by atoms with Gasteiger partial charge in [-0.3, -0.25) is 0 Å². The van der Waals surface area contributed by atoms with E-state index in [-0.39, 0.29) is 17.0 Å². The van der Waals surface area contributed by atoms with Crippen LogP contribution in [-0.2, 0) is 10.0 Å². The van der Waals surface area contributed by atoms with Crippen molar-refractivity contribution >= 4 is 26.0 Å². The molecule has 1 N–H and O–H groups in total. The SMILES string of the molecule is N#Cc1ccc(OC2CCC(NS(=O)(=O)c3ccc(Br)cc3)CC2)nc1. The Hall–Kier alpha value is -1.95. The van der Waals surface area contributed by atoms with Crippen molar-refractivity contribution in [1.82, 2.24) is 9.71 Å². The van der Waals surface area contributed by atoms with E-state index in [1.807, 2.05) is 6.07 Å². The lowest BCUT2D eigenvalue weighted by molar-refractivity contribution is 0.138. The second kappa shape index (κ2) is 8.16. The molecule has 0 unspecified atom stereocenters. The number of ether oxygens (including phenoxy) is 1. The summed E-state index contributed by atoms with van der Waals surface area (Å²) in [5, 5.41) is 8.78. The second-order valence-electron chi connectivity index (χ2n) is 6.16. The molecule has 1 fully saturated rings. The average molecular weight is 436 g/mol. The second-order valence-corrected chi connectivity index (χ2v) is 8.79. The van der Waals surface area contributed by atoms with Crippen LogP contribution in [0.25, 0.3) is 0 Å². The van der Waals surface area contributed by atoms with Gasteiger partial charge in [-0.05, 0) is 56.0 Å². The van der Waals surface area contributed by atoms with Crippen LogP contribution in [0.3, 0.4) is 0 Å². The molecule has 6 nitrogen and oxygen atoms in total. The summed E-state index contributed by atoms with van der Waals surface area (Å²) in [5.41, 5.74) is 0.489. The number of nitrogens with one attached hydrogen (secondary N) is 1. The maximum absolute atomic E-state index is 12.5. The van der Waals surface area contributed by atoms with Gasteiger partial charge in [-0.15, -0.1) is 0 Å². The molecule has 0 spiro atoms. The topological polar surface area (TPSA) is 92.1 Å². The molecule has 0 aliphatic heterocycles. The van der Waals surface area contributed by atoms with Crippen LogP contribution in [0.1, 0.15) is 31.2 Å². The normalized spacial score (nSPS) is 20.3. The van der Waals surface area contributed by atoms with E-state index in [1.54, 1.807) is 36.4 Å². The van der Waals surface area contributed by atoms with Crippen LogP contribution in [0.5, 0.6) is 5.88 Å². The smallest absolute Gasteiger partial charge is 0.240 e. The quantitative estimate of drug-likeness (QED) is 0.776. The number of sulfonamides is 1. The van der Waals surface area contributed by atoms with Crippen LogP contribution >= 0.6 is 15.9 Å². The molecule has 1 saturated carbocycles. The van der Waals surface area contributed by atoms with Crippen LogP contribution in [0.4, 0.5) is 0 Å². The summed E-state index contributed by atoms with van der Waals surface area (Å²) in [6.45, 7) is 0. The Kier molecular flexibility index (Phi) is 5.91. The van der Waals surface area contributed by atoms with E-state index in [9.17, 15) is 8.42 Å². The maximum atomic E-state index is 12.5. The molecule has 0 atom stereocenters. The lowest BCUT2D eigenvalue weighted by Gasteiger charge is -2.29. The highest BCUT2D eigenvalue weighted by atomic mass is 79.9. The van der Waals surface area contributed by atoms with Gasteiger partial charge in [-0.2, -0.15) is 5.26 Å². The third-order valence-corrected chi connectivity index (χ3v) is 6.34. The van der Waals surface area contributed by atoms with Crippen molar-refractivity contribution < 1.29 is 13.2 Å². The molecule has 26 heavy (non-hydrogen) atoms. The van der Waals surface area contributed by atoms with Gasteiger partial charge < -0.3 is 4.74 Å². The molecule has 1 heterocycles. The van der Waals surface area contributed by atoms with Gasteiger partial charge in [0.25, 0.3) is 0 Å². The summed E-state index contributed by atoms with van der Waals surface area (Å²) >= 11 is 3.30. The number of halogens is 1. The zero-order valence-corrected chi connectivity index (χ0v) is 16.3. The predicted octanol–water partition coefficient (Wildman–Crippen LogP) is 3.38. The van der Waals surface area contributed by atoms with E-state index in [1.165, 1.54) is 6.20 Å². The van der Waals surface area contributed by atoms with Crippen molar-refractivity contribution in [3.8, 4) is 11.9 Å². The Labute approximate surface area is 161 Å². The van der Waals surface area contributed by atoms with Crippen LogP contribution in [0.15, 0.2) is 52.0 Å². The molecular formula is C18H18BrN3O3S. The summed E-state index contributed by atoms with van der Waals surface area (Å²) in [6, 6.07) is 11.9. The third-order valence-electron chi connectivity index (χ3n) is 4.27. The zero-order chi connectivity index (χ0) is 18.6. The van der Waals surface area contributed by atoms with Gasteiger partial charge in [0.15, 0.2) is 0 Å². The Morgan fingerprint density at radius 1 is 1.12 bits per heavy atom. The van der Waals surface area contributed by atoms with Gasteiger partial charge in [-0.1, -0.05) is 15.9 Å². The van der Waals surface area contributed by atoms with E-state index in [4.69, 9.17) is 10.00 Å². The van der Waals surface area contributed by atoms with Gasteiger partial charge in [0.1, 0.15) is 12.2 Å². The van der Waals surface area contributed by atoms with E-state index in [0.717, 1.165) is 17.3 Å². The van der Waals surface area contributed by atoms with E-state index >= 15 is 0 Å². The van der Waals surface area contributed by atoms with Crippen LogP contribution < -0.4 is 9.46 Å². The van der Waals surface area contributed by atoms with Gasteiger partial charge in [0.05, 0.1) is 10.5 Å². The largest absolute Gasteiger partial charge is 0.474 e. The maximum Gasteiger partial charge on any atom is 0.240 e. The number of rotatable bonds is 5. The lowest BCUT2D eigenvalue weighted by atomic mass is 9.94. The first-order valence-corrected chi connectivity index (χ1v) is 10.5. The molecule has 1 aromatic carbocycles. The first kappa shape index (κ1) is 18.8. The van der Waals surface area contributed by atoms with E-state index in [0.29, 0.717) is 24.3 Å². The third kappa shape index (κ3) is 4.81. The van der Waals surface area contributed by atoms with Crippen molar-refractivity contribution in [2.24, 2.45) is 0 Å². The fourth-order valence-electron chi connectivity index (χ4n) is 2.89. The molecule has 1 aromatic heterocycles. The summed E-state index contributed by atoms with van der Waals surface area (Å²) in [7, 11) is -3.52. The lowest BCUT2D eigenvalue weighted by Crippen LogP contribution is -2.39. The number of aromatic nitrogens is 1. The standard InChI is InChI=1S/C18H18BrN3O3S/c19-14-2-8-17(9-3-14)26(23,24)22-15-4-6-16(7-5-15)25-18-10-1-13(11-20)12-21-18/h1-3,8-10,12,15-16,22H,4-7H2. The van der Waals surface area contributed by atoms with Gasteiger partial charge in [-0.25, -0.2) is 18.1 Å². The van der Waals surface area contributed by atoms with Gasteiger partial charge in [0.2, 0.25) is 15.9 Å². The highest BCUT2D eigenvalue weighted by molar-refractivity contribution is 9.10. The highest BCUT2D eigenvalue weighted by Crippen LogP contribution is 2.24. The van der Waals surface area contributed by atoms with Crippen molar-refractivity contribution in [2.75, 3.05) is 0 Å². The molecule has 136 valence electrons. The zero-order valence-electron chi connectivity index (χ0n) is 13.9. The minimum Gasteiger partial charge on any atom is -0.474 e. The molecular weight excluding hydrogens is 418 g/mol. The number of hydrogen-bond acceptors (Lipinski definition) is 5. The summed E-state index contributed by atoms with van der Waals surface area (Å²) < 4.78 is 34.3. The molecule has 0 radical (unpaired) electrons. The van der Waals surface area contributed by atoms with Gasteiger partial charge in [0, 0.05) is 22.8 Å². The summed E-state index contributed by atoms with van der Waals surface area (Å²) in [5.74, 6) is 0.489. The Balaban J connectivity index is 1.53. The van der Waals surface area contributed by atoms with Crippen molar-refractivity contribution in [2.45, 2.75) is 42.7 Å². The molecule has 1 aliphatic rings. The molecule has 1 aliphatic carbocycles. The average Bonchev–Trinajstić information content (AvgIpc) is 2.64. The van der Waals surface area contributed by atoms with Crippen LogP contribution in [0.2, 0.25) is 0 Å². The van der Waals surface area contributed by atoms with Crippen molar-refractivity contribution in [3.05, 3.63) is 52.6 Å². The molecule has 0 bridgehead atoms. The summed E-state index contributed by atoms with van der Waals surface area (Å²) in [4.78, 5) is 4.37. The van der Waals surface area contributed by atoms with Crippen molar-refractivity contribution in [1.29, 1.82) is 5.26 Å². The molecule has 0 amide bonds. The molecule has 0 saturated heterocycles. The number of nitrogens with zero attached hydrogens (tertiary/aromatic N) is 2. The Morgan fingerprint density at radius 3 is 2.38 bits per heavy atom. The Bertz CT molecular complexity index is 885. The number of nitriles is 1. The first-order valence-electron chi connectivity index (χ1n) is 8.27. The van der Waals surface area contributed by atoms with Crippen LogP contribution in [-0.4, -0.2) is 25.5 Å². The van der Waals surface area contributed by atoms with E-state index < -0.39 is 10.0 Å². The monoisotopic (exact) mass is 435 g/mol. The molecule has 2 aromatic rings. The van der Waals surface area contributed by atoms with Crippen LogP contribution in [0, 0.1) is 11.3 Å².